The Balaban J connectivity index is 1.63. The molecule has 0 aromatic carbocycles. The van der Waals surface area contributed by atoms with Crippen molar-refractivity contribution in [3.05, 3.63) is 0 Å². The molecule has 1 saturated carbocycles. The SMILES string of the molecule is CB(O)N1CCC[C@@H]1COCC1CCCCC1. The number of hydrogen-bond acceptors (Lipinski definition) is 3. The van der Waals surface area contributed by atoms with E-state index in [-0.39, 0.29) is 7.05 Å². The molecule has 1 saturated heterocycles. The lowest BCUT2D eigenvalue weighted by atomic mass is 9.84. The fourth-order valence-corrected chi connectivity index (χ4v) is 3.25. The smallest absolute Gasteiger partial charge is 0.376 e. The highest BCUT2D eigenvalue weighted by molar-refractivity contribution is 6.45. The van der Waals surface area contributed by atoms with Crippen molar-refractivity contribution in [1.29, 1.82) is 0 Å². The van der Waals surface area contributed by atoms with Gasteiger partial charge >= 0.3 is 7.05 Å². The third-order valence-electron chi connectivity index (χ3n) is 4.29. The van der Waals surface area contributed by atoms with Gasteiger partial charge in [0.2, 0.25) is 0 Å². The number of hydrogen-bond donors (Lipinski definition) is 1. The standard InChI is InChI=1S/C13H26BNO2/c1-14(16)15-9-5-8-13(15)11-17-10-12-6-3-2-4-7-12/h12-13,16H,2-11H2,1H3/t13-/m1/s1. The molecular weight excluding hydrogens is 213 g/mol. The Morgan fingerprint density at radius 1 is 1.12 bits per heavy atom. The predicted molar refractivity (Wildman–Crippen MR) is 71.0 cm³/mol. The third-order valence-corrected chi connectivity index (χ3v) is 4.29. The van der Waals surface area contributed by atoms with Crippen molar-refractivity contribution in [1.82, 2.24) is 4.81 Å². The van der Waals surface area contributed by atoms with Crippen LogP contribution >= 0.6 is 0 Å². The highest BCUT2D eigenvalue weighted by Crippen LogP contribution is 2.24. The maximum Gasteiger partial charge on any atom is 0.376 e. The van der Waals surface area contributed by atoms with E-state index in [1.807, 2.05) is 6.82 Å². The second kappa shape index (κ2) is 6.76. The number of nitrogens with zero attached hydrogens (tertiary/aromatic N) is 1. The summed E-state index contributed by atoms with van der Waals surface area (Å²) in [5.74, 6) is 0.796. The molecule has 2 fully saturated rings. The molecule has 17 heavy (non-hydrogen) atoms. The number of ether oxygens (including phenoxy) is 1. The molecule has 0 bridgehead atoms. The quantitative estimate of drug-likeness (QED) is 0.746. The summed E-state index contributed by atoms with van der Waals surface area (Å²) in [6, 6.07) is 0.443. The average Bonchev–Trinajstić information content (AvgIpc) is 2.79. The first-order valence-corrected chi connectivity index (χ1v) is 7.29. The van der Waals surface area contributed by atoms with Crippen molar-refractivity contribution in [2.75, 3.05) is 19.8 Å². The summed E-state index contributed by atoms with van der Waals surface area (Å²) in [5.41, 5.74) is 0. The van der Waals surface area contributed by atoms with Gasteiger partial charge in [-0.2, -0.15) is 0 Å². The minimum Gasteiger partial charge on any atom is -0.437 e. The van der Waals surface area contributed by atoms with Crippen LogP contribution in [0, 0.1) is 5.92 Å². The van der Waals surface area contributed by atoms with Crippen LogP contribution in [0.2, 0.25) is 6.82 Å². The molecule has 4 heteroatoms. The highest BCUT2D eigenvalue weighted by atomic mass is 16.5. The molecule has 1 heterocycles. The maximum absolute atomic E-state index is 9.64. The molecular formula is C13H26BNO2. The first-order chi connectivity index (χ1) is 8.27. The van der Waals surface area contributed by atoms with Crippen LogP contribution in [0.5, 0.6) is 0 Å². The largest absolute Gasteiger partial charge is 0.437 e. The molecule has 0 amide bonds. The van der Waals surface area contributed by atoms with Gasteiger partial charge in [-0.3, -0.25) is 0 Å². The fraction of sp³-hybridized carbons (Fsp3) is 1.00. The van der Waals surface area contributed by atoms with E-state index in [9.17, 15) is 5.02 Å². The van der Waals surface area contributed by atoms with E-state index in [1.165, 1.54) is 44.9 Å². The summed E-state index contributed by atoms with van der Waals surface area (Å²) in [6.07, 6.45) is 9.26. The summed E-state index contributed by atoms with van der Waals surface area (Å²) in [5, 5.41) is 9.64. The Bertz CT molecular complexity index is 219. The zero-order valence-electron chi connectivity index (χ0n) is 11.1. The van der Waals surface area contributed by atoms with Crippen LogP contribution < -0.4 is 0 Å². The topological polar surface area (TPSA) is 32.7 Å². The van der Waals surface area contributed by atoms with E-state index >= 15 is 0 Å². The van der Waals surface area contributed by atoms with E-state index in [1.54, 1.807) is 0 Å². The summed E-state index contributed by atoms with van der Waals surface area (Å²) in [4.78, 5) is 2.17. The molecule has 0 spiro atoms. The zero-order valence-corrected chi connectivity index (χ0v) is 11.1. The van der Waals surface area contributed by atoms with Crippen molar-refractivity contribution in [2.24, 2.45) is 5.92 Å². The number of rotatable bonds is 5. The van der Waals surface area contributed by atoms with Crippen LogP contribution in [0.3, 0.4) is 0 Å². The average molecular weight is 239 g/mol. The van der Waals surface area contributed by atoms with Gasteiger partial charge in [-0.05, 0) is 45.0 Å². The Kier molecular flexibility index (Phi) is 5.32. The molecule has 1 N–H and O–H groups in total. The van der Waals surface area contributed by atoms with Crippen molar-refractivity contribution in [3.63, 3.8) is 0 Å². The van der Waals surface area contributed by atoms with Gasteiger partial charge in [-0.1, -0.05) is 19.3 Å². The van der Waals surface area contributed by atoms with Gasteiger partial charge in [0.1, 0.15) is 0 Å². The minimum absolute atomic E-state index is 0.319. The first-order valence-electron chi connectivity index (χ1n) is 7.29. The molecule has 0 aromatic rings. The normalized spacial score (nSPS) is 27.5. The van der Waals surface area contributed by atoms with Crippen molar-refractivity contribution in [2.45, 2.75) is 57.8 Å². The lowest BCUT2D eigenvalue weighted by molar-refractivity contribution is 0.0586. The van der Waals surface area contributed by atoms with Crippen LogP contribution in [0.1, 0.15) is 44.9 Å². The molecule has 2 rings (SSSR count). The molecule has 1 aliphatic carbocycles. The minimum atomic E-state index is -0.319. The van der Waals surface area contributed by atoms with Gasteiger partial charge < -0.3 is 14.6 Å². The van der Waals surface area contributed by atoms with E-state index in [4.69, 9.17) is 4.74 Å². The van der Waals surface area contributed by atoms with Gasteiger partial charge in [0.05, 0.1) is 6.61 Å². The van der Waals surface area contributed by atoms with Crippen LogP contribution in [0.4, 0.5) is 0 Å². The summed E-state index contributed by atoms with van der Waals surface area (Å²) in [6.45, 7) is 4.63. The first kappa shape index (κ1) is 13.4. The molecule has 0 unspecified atom stereocenters. The lowest BCUT2D eigenvalue weighted by Crippen LogP contribution is -2.43. The van der Waals surface area contributed by atoms with Crippen LogP contribution in [0.25, 0.3) is 0 Å². The molecule has 98 valence electrons. The van der Waals surface area contributed by atoms with E-state index in [2.05, 4.69) is 4.81 Å². The summed E-state index contributed by atoms with van der Waals surface area (Å²) >= 11 is 0. The lowest BCUT2D eigenvalue weighted by Gasteiger charge is -2.27. The van der Waals surface area contributed by atoms with Crippen LogP contribution in [-0.2, 0) is 4.74 Å². The predicted octanol–water partition coefficient (Wildman–Crippen LogP) is 2.16. The molecule has 2 aliphatic rings. The Labute approximate surface area is 106 Å². The molecule has 0 aromatic heterocycles. The molecule has 3 nitrogen and oxygen atoms in total. The van der Waals surface area contributed by atoms with Gasteiger partial charge in [0, 0.05) is 12.6 Å². The van der Waals surface area contributed by atoms with Gasteiger partial charge in [0.25, 0.3) is 0 Å². The van der Waals surface area contributed by atoms with E-state index in [0.717, 1.165) is 25.7 Å². The highest BCUT2D eigenvalue weighted by Gasteiger charge is 2.30. The Morgan fingerprint density at radius 2 is 1.88 bits per heavy atom. The van der Waals surface area contributed by atoms with Crippen molar-refractivity contribution >= 4 is 7.05 Å². The molecule has 0 radical (unpaired) electrons. The van der Waals surface area contributed by atoms with Crippen molar-refractivity contribution < 1.29 is 9.76 Å². The second-order valence-electron chi connectivity index (χ2n) is 5.71. The van der Waals surface area contributed by atoms with Gasteiger partial charge in [-0.15, -0.1) is 0 Å². The fourth-order valence-electron chi connectivity index (χ4n) is 3.25. The Morgan fingerprint density at radius 3 is 2.59 bits per heavy atom. The van der Waals surface area contributed by atoms with Gasteiger partial charge in [-0.25, -0.2) is 0 Å². The van der Waals surface area contributed by atoms with Gasteiger partial charge in [0.15, 0.2) is 0 Å². The summed E-state index contributed by atoms with van der Waals surface area (Å²) in [7, 11) is -0.319. The van der Waals surface area contributed by atoms with Crippen LogP contribution in [-0.4, -0.2) is 42.7 Å². The monoisotopic (exact) mass is 239 g/mol. The van der Waals surface area contributed by atoms with Crippen LogP contribution in [0.15, 0.2) is 0 Å². The van der Waals surface area contributed by atoms with E-state index < -0.39 is 0 Å². The third kappa shape index (κ3) is 3.97. The maximum atomic E-state index is 9.64. The van der Waals surface area contributed by atoms with Crippen molar-refractivity contribution in [3.8, 4) is 0 Å². The summed E-state index contributed by atoms with van der Waals surface area (Å²) < 4.78 is 5.88. The molecule has 1 atom stereocenters. The molecule has 1 aliphatic heterocycles. The zero-order chi connectivity index (χ0) is 12.1. The Hall–Kier alpha value is -0.0551. The van der Waals surface area contributed by atoms with E-state index in [0.29, 0.717) is 6.04 Å². The second-order valence-corrected chi connectivity index (χ2v) is 5.71.